The van der Waals surface area contributed by atoms with Crippen LogP contribution in [0.2, 0.25) is 0 Å². The molecular formula is C16H24FN3O2. The summed E-state index contributed by atoms with van der Waals surface area (Å²) in [6.07, 6.45) is -0.318. The number of amides is 1. The molecule has 0 aliphatic carbocycles. The summed E-state index contributed by atoms with van der Waals surface area (Å²) >= 11 is 0. The lowest BCUT2D eigenvalue weighted by molar-refractivity contribution is 0.0240. The molecule has 2 N–H and O–H groups in total. The summed E-state index contributed by atoms with van der Waals surface area (Å²) in [5.74, 6) is -0.325. The van der Waals surface area contributed by atoms with Gasteiger partial charge in [0, 0.05) is 31.9 Å². The molecule has 5 nitrogen and oxygen atoms in total. The number of rotatable bonds is 1. The molecule has 22 heavy (non-hydrogen) atoms. The summed E-state index contributed by atoms with van der Waals surface area (Å²) in [6.45, 7) is 9.54. The van der Waals surface area contributed by atoms with Gasteiger partial charge in [0.05, 0.1) is 5.69 Å². The average molecular weight is 309 g/mol. The molecule has 0 unspecified atom stereocenters. The number of halogens is 1. The van der Waals surface area contributed by atoms with E-state index in [0.717, 1.165) is 5.56 Å². The number of carbonyl (C=O) groups is 1. The van der Waals surface area contributed by atoms with Gasteiger partial charge in [-0.3, -0.25) is 0 Å². The number of hydrogen-bond acceptors (Lipinski definition) is 4. The van der Waals surface area contributed by atoms with Crippen LogP contribution in [-0.2, 0) is 4.74 Å². The van der Waals surface area contributed by atoms with Gasteiger partial charge in [-0.2, -0.15) is 0 Å². The molecule has 1 amide bonds. The van der Waals surface area contributed by atoms with Crippen molar-refractivity contribution in [2.75, 3.05) is 36.8 Å². The molecule has 2 rings (SSSR count). The van der Waals surface area contributed by atoms with Gasteiger partial charge in [0.1, 0.15) is 11.4 Å². The minimum Gasteiger partial charge on any atom is -0.444 e. The monoisotopic (exact) mass is 309 g/mol. The fourth-order valence-corrected chi connectivity index (χ4v) is 2.38. The van der Waals surface area contributed by atoms with Crippen molar-refractivity contribution in [3.05, 3.63) is 23.5 Å². The molecule has 1 aliphatic heterocycles. The molecule has 0 aromatic heterocycles. The van der Waals surface area contributed by atoms with Gasteiger partial charge in [0.15, 0.2) is 0 Å². The Morgan fingerprint density at radius 2 is 1.82 bits per heavy atom. The maximum absolute atomic E-state index is 14.1. The van der Waals surface area contributed by atoms with Crippen molar-refractivity contribution in [2.24, 2.45) is 0 Å². The lowest BCUT2D eigenvalue weighted by Gasteiger charge is -2.37. The number of anilines is 2. The van der Waals surface area contributed by atoms with Gasteiger partial charge in [-0.1, -0.05) is 0 Å². The molecule has 1 fully saturated rings. The van der Waals surface area contributed by atoms with E-state index in [0.29, 0.717) is 37.6 Å². The maximum atomic E-state index is 14.1. The van der Waals surface area contributed by atoms with Gasteiger partial charge in [0.25, 0.3) is 0 Å². The standard InChI is InChI=1S/C16H24FN3O2/c1-11-9-14(12(17)10-13(11)18)19-5-7-20(8-6-19)15(21)22-16(2,3)4/h9-10H,5-8,18H2,1-4H3. The Hall–Kier alpha value is -1.98. The first-order chi connectivity index (χ1) is 10.2. The smallest absolute Gasteiger partial charge is 0.410 e. The summed E-state index contributed by atoms with van der Waals surface area (Å²) in [5, 5.41) is 0. The van der Waals surface area contributed by atoms with Crippen molar-refractivity contribution in [1.82, 2.24) is 4.90 Å². The van der Waals surface area contributed by atoms with E-state index in [1.807, 2.05) is 32.6 Å². The molecule has 0 spiro atoms. The van der Waals surface area contributed by atoms with Crippen LogP contribution < -0.4 is 10.6 Å². The predicted molar refractivity (Wildman–Crippen MR) is 85.6 cm³/mol. The molecule has 0 atom stereocenters. The third-order valence-corrected chi connectivity index (χ3v) is 3.61. The van der Waals surface area contributed by atoms with Crippen molar-refractivity contribution < 1.29 is 13.9 Å². The first-order valence-corrected chi connectivity index (χ1v) is 7.46. The lowest BCUT2D eigenvalue weighted by atomic mass is 10.1. The number of aryl methyl sites for hydroxylation is 1. The zero-order valence-corrected chi connectivity index (χ0v) is 13.6. The Morgan fingerprint density at radius 3 is 2.36 bits per heavy atom. The average Bonchev–Trinajstić information content (AvgIpc) is 2.41. The van der Waals surface area contributed by atoms with Crippen molar-refractivity contribution in [1.29, 1.82) is 0 Å². The van der Waals surface area contributed by atoms with Crippen LogP contribution in [0, 0.1) is 12.7 Å². The van der Waals surface area contributed by atoms with E-state index in [2.05, 4.69) is 0 Å². The van der Waals surface area contributed by atoms with Crippen molar-refractivity contribution in [3.8, 4) is 0 Å². The van der Waals surface area contributed by atoms with E-state index >= 15 is 0 Å². The second-order valence-electron chi connectivity index (χ2n) is 6.61. The number of nitrogen functional groups attached to an aromatic ring is 1. The first kappa shape index (κ1) is 16.4. The van der Waals surface area contributed by atoms with E-state index in [1.165, 1.54) is 6.07 Å². The first-order valence-electron chi connectivity index (χ1n) is 7.46. The van der Waals surface area contributed by atoms with Crippen molar-refractivity contribution in [3.63, 3.8) is 0 Å². The number of carbonyl (C=O) groups excluding carboxylic acids is 1. The molecule has 1 saturated heterocycles. The van der Waals surface area contributed by atoms with Crippen LogP contribution in [0.1, 0.15) is 26.3 Å². The van der Waals surface area contributed by atoms with Gasteiger partial charge in [-0.05, 0) is 45.4 Å². The molecule has 1 heterocycles. The highest BCUT2D eigenvalue weighted by atomic mass is 19.1. The predicted octanol–water partition coefficient (Wildman–Crippen LogP) is 2.77. The van der Waals surface area contributed by atoms with E-state index < -0.39 is 5.60 Å². The van der Waals surface area contributed by atoms with Crippen molar-refractivity contribution >= 4 is 17.5 Å². The van der Waals surface area contributed by atoms with Gasteiger partial charge in [-0.25, -0.2) is 9.18 Å². The Balaban J connectivity index is 2.01. The van der Waals surface area contributed by atoms with Crippen LogP contribution in [-0.4, -0.2) is 42.8 Å². The third kappa shape index (κ3) is 3.81. The number of ether oxygens (including phenoxy) is 1. The second-order valence-corrected chi connectivity index (χ2v) is 6.61. The SMILES string of the molecule is Cc1cc(N2CCN(C(=O)OC(C)(C)C)CC2)c(F)cc1N. The van der Waals surface area contributed by atoms with Crippen molar-refractivity contribution in [2.45, 2.75) is 33.3 Å². The van der Waals surface area contributed by atoms with E-state index in [9.17, 15) is 9.18 Å². The largest absolute Gasteiger partial charge is 0.444 e. The van der Waals surface area contributed by atoms with E-state index in [4.69, 9.17) is 10.5 Å². The van der Waals surface area contributed by atoms with E-state index in [-0.39, 0.29) is 11.9 Å². The summed E-state index contributed by atoms with van der Waals surface area (Å²) in [4.78, 5) is 15.6. The lowest BCUT2D eigenvalue weighted by Crippen LogP contribution is -2.50. The molecule has 6 heteroatoms. The Kier molecular flexibility index (Phi) is 4.49. The quantitative estimate of drug-likeness (QED) is 0.810. The highest BCUT2D eigenvalue weighted by Crippen LogP contribution is 2.26. The molecule has 0 radical (unpaired) electrons. The number of hydrogen-bond donors (Lipinski definition) is 1. The van der Waals surface area contributed by atoms with Crippen LogP contribution in [0.4, 0.5) is 20.6 Å². The molecular weight excluding hydrogens is 285 g/mol. The third-order valence-electron chi connectivity index (χ3n) is 3.61. The fourth-order valence-electron chi connectivity index (χ4n) is 2.38. The minimum atomic E-state index is -0.506. The normalized spacial score (nSPS) is 15.9. The van der Waals surface area contributed by atoms with Crippen LogP contribution in [0.15, 0.2) is 12.1 Å². The van der Waals surface area contributed by atoms with E-state index in [1.54, 1.807) is 11.0 Å². The van der Waals surface area contributed by atoms with Crippen LogP contribution in [0.3, 0.4) is 0 Å². The highest BCUT2D eigenvalue weighted by Gasteiger charge is 2.26. The molecule has 122 valence electrons. The summed E-state index contributed by atoms with van der Waals surface area (Å²) < 4.78 is 19.4. The summed E-state index contributed by atoms with van der Waals surface area (Å²) in [6, 6.07) is 3.11. The van der Waals surface area contributed by atoms with Gasteiger partial charge in [0.2, 0.25) is 0 Å². The number of benzene rings is 1. The maximum Gasteiger partial charge on any atom is 0.410 e. The Bertz CT molecular complexity index is 561. The second kappa shape index (κ2) is 6.02. The molecule has 1 aliphatic rings. The topological polar surface area (TPSA) is 58.8 Å². The number of piperazine rings is 1. The van der Waals surface area contributed by atoms with Gasteiger partial charge in [-0.15, -0.1) is 0 Å². The molecule has 1 aromatic rings. The fraction of sp³-hybridized carbons (Fsp3) is 0.562. The molecule has 0 saturated carbocycles. The Labute approximate surface area is 130 Å². The number of nitrogens with zero attached hydrogens (tertiary/aromatic N) is 2. The van der Waals surface area contributed by atoms with Gasteiger partial charge >= 0.3 is 6.09 Å². The van der Waals surface area contributed by atoms with Crippen LogP contribution >= 0.6 is 0 Å². The Morgan fingerprint density at radius 1 is 1.23 bits per heavy atom. The zero-order valence-electron chi connectivity index (χ0n) is 13.6. The summed E-state index contributed by atoms with van der Waals surface area (Å²) in [7, 11) is 0. The summed E-state index contributed by atoms with van der Waals surface area (Å²) in [5.41, 5.74) is 7.05. The van der Waals surface area contributed by atoms with Crippen LogP contribution in [0.25, 0.3) is 0 Å². The highest BCUT2D eigenvalue weighted by molar-refractivity contribution is 5.69. The van der Waals surface area contributed by atoms with Crippen LogP contribution in [0.5, 0.6) is 0 Å². The number of nitrogens with two attached hydrogens (primary N) is 1. The molecule has 0 bridgehead atoms. The minimum absolute atomic E-state index is 0.318. The zero-order chi connectivity index (χ0) is 16.5. The molecule has 1 aromatic carbocycles. The van der Waals surface area contributed by atoms with Gasteiger partial charge < -0.3 is 20.3 Å².